The van der Waals surface area contributed by atoms with Gasteiger partial charge in [-0.25, -0.2) is 8.42 Å². The first-order valence-electron chi connectivity index (χ1n) is 12.6. The number of benzene rings is 2. The minimum atomic E-state index is -4.09. The van der Waals surface area contributed by atoms with Crippen LogP contribution in [0.5, 0.6) is 0 Å². The highest BCUT2D eigenvalue weighted by Gasteiger charge is 2.59. The van der Waals surface area contributed by atoms with Crippen LogP contribution in [0.2, 0.25) is 5.02 Å². The van der Waals surface area contributed by atoms with Gasteiger partial charge in [-0.2, -0.15) is 0 Å². The predicted molar refractivity (Wildman–Crippen MR) is 146 cm³/mol. The van der Waals surface area contributed by atoms with Crippen molar-refractivity contribution in [3.05, 3.63) is 89.2 Å². The topological polar surface area (TPSA) is 82.6 Å². The van der Waals surface area contributed by atoms with E-state index in [4.69, 9.17) is 11.6 Å². The van der Waals surface area contributed by atoms with E-state index in [0.717, 1.165) is 16.8 Å². The summed E-state index contributed by atoms with van der Waals surface area (Å²) >= 11 is 6.25. The van der Waals surface area contributed by atoms with E-state index >= 15 is 0 Å². The molecule has 0 aliphatic carbocycles. The van der Waals surface area contributed by atoms with Crippen LogP contribution in [-0.4, -0.2) is 68.2 Å². The first kappa shape index (κ1) is 25.7. The number of sulfone groups is 1. The third-order valence-electron chi connectivity index (χ3n) is 7.63. The molecule has 0 bridgehead atoms. The zero-order valence-corrected chi connectivity index (χ0v) is 22.4. The summed E-state index contributed by atoms with van der Waals surface area (Å²) in [6.07, 6.45) is 3.43. The van der Waals surface area contributed by atoms with Gasteiger partial charge in [-0.05, 0) is 55.3 Å². The molecular weight excluding hydrogens is 508 g/mol. The Labute approximate surface area is 223 Å². The van der Waals surface area contributed by atoms with Gasteiger partial charge in [0.2, 0.25) is 5.91 Å². The largest absolute Gasteiger partial charge is 0.368 e. The number of amides is 1. The van der Waals surface area contributed by atoms with Gasteiger partial charge in [0, 0.05) is 61.7 Å². The summed E-state index contributed by atoms with van der Waals surface area (Å²) < 4.78 is 27.1. The summed E-state index contributed by atoms with van der Waals surface area (Å²) in [7, 11) is -4.09. The molecule has 2 aromatic carbocycles. The first-order chi connectivity index (χ1) is 17.8. The number of aromatic nitrogens is 1. The van der Waals surface area contributed by atoms with Crippen LogP contribution >= 0.6 is 11.6 Å². The van der Waals surface area contributed by atoms with Crippen molar-refractivity contribution in [2.45, 2.75) is 28.9 Å². The highest BCUT2D eigenvalue weighted by Crippen LogP contribution is 2.44. The number of halogens is 1. The molecule has 2 saturated heterocycles. The van der Waals surface area contributed by atoms with Crippen LogP contribution in [0.15, 0.2) is 78.0 Å². The van der Waals surface area contributed by atoms with Crippen molar-refractivity contribution in [1.82, 2.24) is 15.2 Å². The van der Waals surface area contributed by atoms with E-state index in [1.165, 1.54) is 12.3 Å². The zero-order valence-electron chi connectivity index (χ0n) is 20.8. The zero-order chi connectivity index (χ0) is 26.0. The summed E-state index contributed by atoms with van der Waals surface area (Å²) in [4.78, 5) is 22.6. The van der Waals surface area contributed by atoms with E-state index in [2.05, 4.69) is 15.2 Å². The van der Waals surface area contributed by atoms with Gasteiger partial charge in [0.25, 0.3) is 0 Å². The van der Waals surface area contributed by atoms with Crippen LogP contribution in [0.4, 0.5) is 5.69 Å². The SMILES string of the molecule is Cc1ccc(Cl)cc1N1CCN(C(=O)[C@@]2(S(=O)(=O)c3cccnc3)CNCC[C@@H]2c2ccccc2)CC1. The Balaban J connectivity index is 1.52. The Kier molecular flexibility index (Phi) is 7.25. The number of anilines is 1. The maximum atomic E-state index is 14.5. The Morgan fingerprint density at radius 2 is 1.81 bits per heavy atom. The van der Waals surface area contributed by atoms with Gasteiger partial charge in [-0.3, -0.25) is 9.78 Å². The lowest BCUT2D eigenvalue weighted by atomic mass is 9.79. The van der Waals surface area contributed by atoms with Crippen LogP contribution in [0, 0.1) is 6.92 Å². The molecule has 9 heteroatoms. The molecule has 0 saturated carbocycles. The Morgan fingerprint density at radius 1 is 1.05 bits per heavy atom. The molecule has 0 radical (unpaired) electrons. The summed E-state index contributed by atoms with van der Waals surface area (Å²) in [6, 6.07) is 18.5. The maximum absolute atomic E-state index is 14.5. The lowest BCUT2D eigenvalue weighted by molar-refractivity contribution is -0.135. The van der Waals surface area contributed by atoms with Crippen molar-refractivity contribution in [3.8, 4) is 0 Å². The average Bonchev–Trinajstić information content (AvgIpc) is 2.95. The van der Waals surface area contributed by atoms with Gasteiger partial charge in [0.05, 0.1) is 4.90 Å². The van der Waals surface area contributed by atoms with Crippen molar-refractivity contribution in [3.63, 3.8) is 0 Å². The van der Waals surface area contributed by atoms with Gasteiger partial charge >= 0.3 is 0 Å². The van der Waals surface area contributed by atoms with Crippen LogP contribution in [-0.2, 0) is 14.6 Å². The molecule has 7 nitrogen and oxygen atoms in total. The molecule has 2 atom stereocenters. The third kappa shape index (κ3) is 4.62. The quantitative estimate of drug-likeness (QED) is 0.533. The Morgan fingerprint density at radius 3 is 2.51 bits per heavy atom. The van der Waals surface area contributed by atoms with Crippen LogP contribution < -0.4 is 10.2 Å². The van der Waals surface area contributed by atoms with Gasteiger partial charge < -0.3 is 15.1 Å². The molecule has 2 fully saturated rings. The van der Waals surface area contributed by atoms with Gasteiger partial charge in [-0.15, -0.1) is 0 Å². The smallest absolute Gasteiger partial charge is 0.246 e. The van der Waals surface area contributed by atoms with Crippen molar-refractivity contribution < 1.29 is 13.2 Å². The second-order valence-electron chi connectivity index (χ2n) is 9.72. The molecule has 1 N–H and O–H groups in total. The van der Waals surface area contributed by atoms with Gasteiger partial charge in [0.15, 0.2) is 14.6 Å². The lowest BCUT2D eigenvalue weighted by Gasteiger charge is -2.46. The highest BCUT2D eigenvalue weighted by molar-refractivity contribution is 7.93. The van der Waals surface area contributed by atoms with E-state index < -0.39 is 20.5 Å². The number of pyridine rings is 1. The molecule has 5 rings (SSSR count). The number of nitrogens with zero attached hydrogens (tertiary/aromatic N) is 3. The number of nitrogens with one attached hydrogen (secondary N) is 1. The van der Waals surface area contributed by atoms with Crippen molar-refractivity contribution in [1.29, 1.82) is 0 Å². The number of aryl methyl sites for hydroxylation is 1. The summed E-state index contributed by atoms with van der Waals surface area (Å²) in [5.41, 5.74) is 3.01. The van der Waals surface area contributed by atoms with E-state index in [9.17, 15) is 13.2 Å². The number of hydrogen-bond acceptors (Lipinski definition) is 6. The molecule has 2 aliphatic rings. The summed E-state index contributed by atoms with van der Waals surface area (Å²) in [5.74, 6) is -0.833. The van der Waals surface area contributed by atoms with E-state index in [1.807, 2.05) is 55.5 Å². The number of carbonyl (C=O) groups is 1. The van der Waals surface area contributed by atoms with Crippen LogP contribution in [0.25, 0.3) is 0 Å². The molecule has 0 spiro atoms. The van der Waals surface area contributed by atoms with Crippen molar-refractivity contribution in [2.24, 2.45) is 0 Å². The molecule has 37 heavy (non-hydrogen) atoms. The minimum Gasteiger partial charge on any atom is -0.368 e. The molecular formula is C28H31ClN4O3S. The minimum absolute atomic E-state index is 0.0518. The van der Waals surface area contributed by atoms with E-state index in [-0.39, 0.29) is 17.3 Å². The number of carbonyl (C=O) groups excluding carboxylic acids is 1. The number of piperazine rings is 1. The molecule has 3 heterocycles. The van der Waals surface area contributed by atoms with Crippen molar-refractivity contribution in [2.75, 3.05) is 44.2 Å². The number of hydrogen-bond donors (Lipinski definition) is 1. The van der Waals surface area contributed by atoms with E-state index in [1.54, 1.807) is 17.2 Å². The molecule has 1 aromatic heterocycles. The molecule has 2 aliphatic heterocycles. The summed E-state index contributed by atoms with van der Waals surface area (Å²) in [6.45, 7) is 4.78. The number of piperidine rings is 1. The fraction of sp³-hybridized carbons (Fsp3) is 0.357. The fourth-order valence-corrected chi connectivity index (χ4v) is 8.00. The normalized spacial score (nSPS) is 22.6. The average molecular weight is 539 g/mol. The predicted octanol–water partition coefficient (Wildman–Crippen LogP) is 3.68. The van der Waals surface area contributed by atoms with Gasteiger partial charge in [-0.1, -0.05) is 48.0 Å². The molecule has 0 unspecified atom stereocenters. The lowest BCUT2D eigenvalue weighted by Crippen LogP contribution is -2.66. The van der Waals surface area contributed by atoms with Crippen molar-refractivity contribution >= 4 is 33.0 Å². The molecule has 1 amide bonds. The molecule has 3 aromatic rings. The third-order valence-corrected chi connectivity index (χ3v) is 10.3. The first-order valence-corrected chi connectivity index (χ1v) is 14.4. The molecule has 194 valence electrons. The maximum Gasteiger partial charge on any atom is 0.246 e. The standard InChI is InChI=1S/C28H31ClN4O3S/c1-21-9-10-23(29)18-26(21)32-14-16-33(17-15-32)27(34)28(37(35,36)24-8-5-12-30-19-24)20-31-13-11-25(28)22-6-3-2-4-7-22/h2-10,12,18-19,25,31H,11,13-17,20H2,1H3/t25-,28-/m1/s1. The Hall–Kier alpha value is -2.94. The monoisotopic (exact) mass is 538 g/mol. The van der Waals surface area contributed by atoms with Crippen LogP contribution in [0.3, 0.4) is 0 Å². The fourth-order valence-electron chi connectivity index (χ4n) is 5.68. The number of rotatable bonds is 5. The second-order valence-corrected chi connectivity index (χ2v) is 12.4. The summed E-state index contributed by atoms with van der Waals surface area (Å²) in [5, 5.41) is 3.91. The van der Waals surface area contributed by atoms with E-state index in [0.29, 0.717) is 44.2 Å². The Bertz CT molecular complexity index is 1360. The highest BCUT2D eigenvalue weighted by atomic mass is 35.5. The second kappa shape index (κ2) is 10.4. The van der Waals surface area contributed by atoms with Crippen LogP contribution in [0.1, 0.15) is 23.5 Å². The van der Waals surface area contributed by atoms with Gasteiger partial charge in [0.1, 0.15) is 0 Å².